The second kappa shape index (κ2) is 7.66. The van der Waals surface area contributed by atoms with Gasteiger partial charge in [-0.25, -0.2) is 0 Å². The second-order valence-corrected chi connectivity index (χ2v) is 6.19. The first-order valence-electron chi connectivity index (χ1n) is 7.74. The quantitative estimate of drug-likeness (QED) is 0.819. The molecule has 1 aliphatic rings. The number of rotatable bonds is 6. The third-order valence-corrected chi connectivity index (χ3v) is 4.02. The summed E-state index contributed by atoms with van der Waals surface area (Å²) in [5.74, 6) is 1.57. The first kappa shape index (κ1) is 14.5. The van der Waals surface area contributed by atoms with Crippen LogP contribution in [0.1, 0.15) is 44.7 Å². The van der Waals surface area contributed by atoms with Gasteiger partial charge in [-0.3, -0.25) is 0 Å². The Hall–Kier alpha value is -0.860. The zero-order valence-electron chi connectivity index (χ0n) is 12.4. The minimum atomic E-state index is 0.510. The molecule has 0 spiro atoms. The Bertz CT molecular complexity index is 342. The van der Waals surface area contributed by atoms with Gasteiger partial charge in [0, 0.05) is 6.04 Å². The summed E-state index contributed by atoms with van der Waals surface area (Å²) >= 11 is 0. The van der Waals surface area contributed by atoms with Crippen LogP contribution in [0.3, 0.4) is 0 Å². The molecule has 1 saturated heterocycles. The maximum absolute atomic E-state index is 3.81. The van der Waals surface area contributed by atoms with Gasteiger partial charge in [0.1, 0.15) is 0 Å². The topological polar surface area (TPSA) is 24.1 Å². The van der Waals surface area contributed by atoms with Crippen molar-refractivity contribution in [2.75, 3.05) is 19.6 Å². The molecular formula is C17H28N2. The van der Waals surface area contributed by atoms with Crippen LogP contribution >= 0.6 is 0 Å². The Morgan fingerprint density at radius 1 is 1.16 bits per heavy atom. The lowest BCUT2D eigenvalue weighted by molar-refractivity contribution is 0.326. The van der Waals surface area contributed by atoms with E-state index in [2.05, 4.69) is 54.8 Å². The van der Waals surface area contributed by atoms with Crippen molar-refractivity contribution in [2.24, 2.45) is 11.8 Å². The molecule has 0 aliphatic carbocycles. The van der Waals surface area contributed by atoms with E-state index >= 15 is 0 Å². The molecule has 2 rings (SSSR count). The van der Waals surface area contributed by atoms with E-state index in [1.807, 2.05) is 0 Å². The molecule has 2 N–H and O–H groups in total. The third kappa shape index (κ3) is 4.96. The Kier molecular flexibility index (Phi) is 5.87. The van der Waals surface area contributed by atoms with Gasteiger partial charge in [0.25, 0.3) is 0 Å². The van der Waals surface area contributed by atoms with Gasteiger partial charge in [-0.05, 0) is 56.3 Å². The summed E-state index contributed by atoms with van der Waals surface area (Å²) in [6.45, 7) is 8.15. The second-order valence-electron chi connectivity index (χ2n) is 6.19. The summed E-state index contributed by atoms with van der Waals surface area (Å²) in [5, 5.41) is 7.25. The fourth-order valence-electron chi connectivity index (χ4n) is 2.89. The van der Waals surface area contributed by atoms with Crippen LogP contribution in [-0.2, 0) is 0 Å². The van der Waals surface area contributed by atoms with Crippen molar-refractivity contribution < 1.29 is 0 Å². The molecule has 1 aromatic carbocycles. The highest BCUT2D eigenvalue weighted by Crippen LogP contribution is 2.22. The first-order chi connectivity index (χ1) is 9.25. The highest BCUT2D eigenvalue weighted by Gasteiger charge is 2.17. The van der Waals surface area contributed by atoms with Crippen molar-refractivity contribution >= 4 is 0 Å². The van der Waals surface area contributed by atoms with Gasteiger partial charge < -0.3 is 10.6 Å². The Morgan fingerprint density at radius 2 is 1.84 bits per heavy atom. The van der Waals surface area contributed by atoms with E-state index in [9.17, 15) is 0 Å². The predicted molar refractivity (Wildman–Crippen MR) is 82.2 cm³/mol. The van der Waals surface area contributed by atoms with Gasteiger partial charge in [0.05, 0.1) is 0 Å². The van der Waals surface area contributed by atoms with E-state index in [0.29, 0.717) is 6.04 Å². The lowest BCUT2D eigenvalue weighted by atomic mass is 9.94. The number of hydrogen-bond donors (Lipinski definition) is 2. The van der Waals surface area contributed by atoms with Crippen LogP contribution in [0, 0.1) is 11.8 Å². The van der Waals surface area contributed by atoms with Crippen molar-refractivity contribution in [1.29, 1.82) is 0 Å². The van der Waals surface area contributed by atoms with Gasteiger partial charge >= 0.3 is 0 Å². The van der Waals surface area contributed by atoms with Crippen LogP contribution in [0.4, 0.5) is 0 Å². The molecular weight excluding hydrogens is 232 g/mol. The predicted octanol–water partition coefficient (Wildman–Crippen LogP) is 3.36. The maximum Gasteiger partial charge on any atom is 0.0322 e. The van der Waals surface area contributed by atoms with Crippen molar-refractivity contribution in [3.63, 3.8) is 0 Å². The molecule has 106 valence electrons. The smallest absolute Gasteiger partial charge is 0.0322 e. The molecule has 0 amide bonds. The fraction of sp³-hybridized carbons (Fsp3) is 0.647. The minimum Gasteiger partial charge on any atom is -0.317 e. The molecule has 1 unspecified atom stereocenters. The van der Waals surface area contributed by atoms with Crippen molar-refractivity contribution in [3.8, 4) is 0 Å². The normalized spacial score (nSPS) is 18.7. The van der Waals surface area contributed by atoms with Crippen LogP contribution in [0.5, 0.6) is 0 Å². The Balaban J connectivity index is 1.90. The summed E-state index contributed by atoms with van der Waals surface area (Å²) in [5.41, 5.74) is 1.44. The van der Waals surface area contributed by atoms with Gasteiger partial charge in [-0.2, -0.15) is 0 Å². The molecule has 0 radical (unpaired) electrons. The van der Waals surface area contributed by atoms with E-state index in [-0.39, 0.29) is 0 Å². The van der Waals surface area contributed by atoms with E-state index in [1.165, 1.54) is 37.9 Å². The molecule has 1 aliphatic heterocycles. The van der Waals surface area contributed by atoms with Crippen LogP contribution < -0.4 is 10.6 Å². The van der Waals surface area contributed by atoms with Crippen molar-refractivity contribution in [2.45, 2.75) is 39.2 Å². The summed E-state index contributed by atoms with van der Waals surface area (Å²) in [6.07, 6.45) is 3.85. The van der Waals surface area contributed by atoms with Crippen LogP contribution in [0.2, 0.25) is 0 Å². The highest BCUT2D eigenvalue weighted by atomic mass is 14.9. The average Bonchev–Trinajstić information content (AvgIpc) is 2.45. The fourth-order valence-corrected chi connectivity index (χ4v) is 2.89. The Morgan fingerprint density at radius 3 is 2.47 bits per heavy atom. The molecule has 1 atom stereocenters. The molecule has 19 heavy (non-hydrogen) atoms. The van der Waals surface area contributed by atoms with Crippen LogP contribution in [-0.4, -0.2) is 19.6 Å². The molecule has 2 heteroatoms. The number of hydrogen-bond acceptors (Lipinski definition) is 2. The summed E-state index contributed by atoms with van der Waals surface area (Å²) in [6, 6.07) is 11.4. The largest absolute Gasteiger partial charge is 0.317 e. The number of benzene rings is 1. The SMILES string of the molecule is CC(C)CC(NCC1CCNCC1)c1ccccc1. The number of nitrogens with one attached hydrogen (secondary N) is 2. The molecule has 0 aromatic heterocycles. The third-order valence-electron chi connectivity index (χ3n) is 4.02. The Labute approximate surface area is 118 Å². The monoisotopic (exact) mass is 260 g/mol. The van der Waals surface area contributed by atoms with E-state index in [0.717, 1.165) is 18.4 Å². The standard InChI is InChI=1S/C17H28N2/c1-14(2)12-17(16-6-4-3-5-7-16)19-13-15-8-10-18-11-9-15/h3-7,14-15,17-19H,8-13H2,1-2H3. The van der Waals surface area contributed by atoms with E-state index < -0.39 is 0 Å². The molecule has 1 fully saturated rings. The van der Waals surface area contributed by atoms with Gasteiger partial charge in [-0.1, -0.05) is 44.2 Å². The lowest BCUT2D eigenvalue weighted by Gasteiger charge is -2.27. The zero-order chi connectivity index (χ0) is 13.5. The number of piperidine rings is 1. The zero-order valence-corrected chi connectivity index (χ0v) is 12.4. The maximum atomic E-state index is 3.81. The first-order valence-corrected chi connectivity index (χ1v) is 7.74. The van der Waals surface area contributed by atoms with Crippen molar-refractivity contribution in [1.82, 2.24) is 10.6 Å². The van der Waals surface area contributed by atoms with Crippen LogP contribution in [0.25, 0.3) is 0 Å². The van der Waals surface area contributed by atoms with Gasteiger partial charge in [0.15, 0.2) is 0 Å². The van der Waals surface area contributed by atoms with Gasteiger partial charge in [-0.15, -0.1) is 0 Å². The average molecular weight is 260 g/mol. The summed E-state index contributed by atoms with van der Waals surface area (Å²) in [7, 11) is 0. The molecule has 2 nitrogen and oxygen atoms in total. The lowest BCUT2D eigenvalue weighted by Crippen LogP contribution is -2.35. The highest BCUT2D eigenvalue weighted by molar-refractivity contribution is 5.18. The van der Waals surface area contributed by atoms with E-state index in [1.54, 1.807) is 0 Å². The molecule has 0 saturated carbocycles. The summed E-state index contributed by atoms with van der Waals surface area (Å²) < 4.78 is 0. The summed E-state index contributed by atoms with van der Waals surface area (Å²) in [4.78, 5) is 0. The van der Waals surface area contributed by atoms with Gasteiger partial charge in [0.2, 0.25) is 0 Å². The molecule has 0 bridgehead atoms. The van der Waals surface area contributed by atoms with Crippen molar-refractivity contribution in [3.05, 3.63) is 35.9 Å². The molecule has 1 heterocycles. The van der Waals surface area contributed by atoms with E-state index in [4.69, 9.17) is 0 Å². The molecule has 1 aromatic rings. The van der Waals surface area contributed by atoms with Crippen LogP contribution in [0.15, 0.2) is 30.3 Å². The minimum absolute atomic E-state index is 0.510.